The minimum absolute atomic E-state index is 0.0154. The van der Waals surface area contributed by atoms with Gasteiger partial charge in [0.25, 0.3) is 0 Å². The SMILES string of the molecule is Cc1nc(NNC(=O)[C@@H](CNC(=O)O)CC2CCCC2)c(F)c(N2CCN3CCC[C@@H]3C2)n1.Cc1nc(NNC(=O)[C@@H](CNC(=O)O)CC2CCCC2)c(F)c(N2CCN3CCC[C@@H]3C2)n1. The third-order valence-electron chi connectivity index (χ3n) is 14.2. The quantitative estimate of drug-likeness (QED) is 0.110. The van der Waals surface area contributed by atoms with Crippen molar-refractivity contribution < 1.29 is 38.2 Å². The largest absolute Gasteiger partial charge is 0.465 e. The van der Waals surface area contributed by atoms with Crippen LogP contribution in [0, 0.1) is 49.2 Å². The number of aromatic nitrogens is 4. The van der Waals surface area contributed by atoms with E-state index in [1.807, 2.05) is 9.80 Å². The number of anilines is 4. The fourth-order valence-electron chi connectivity index (χ4n) is 10.8. The van der Waals surface area contributed by atoms with Crippen LogP contribution in [0.15, 0.2) is 0 Å². The van der Waals surface area contributed by atoms with Crippen LogP contribution in [-0.4, -0.2) is 141 Å². The highest BCUT2D eigenvalue weighted by Gasteiger charge is 2.35. The van der Waals surface area contributed by atoms with Crippen molar-refractivity contribution in [3.05, 3.63) is 23.3 Å². The second-order valence-corrected chi connectivity index (χ2v) is 18.8. The number of hydrogen-bond donors (Lipinski definition) is 8. The van der Waals surface area contributed by atoms with Crippen LogP contribution in [0.4, 0.5) is 41.6 Å². The molecule has 2 aromatic heterocycles. The molecule has 2 aliphatic carbocycles. The number of halogens is 2. The Morgan fingerprint density at radius 1 is 0.576 bits per heavy atom. The standard InChI is InChI=1S/2C22H34FN7O3/c2*1-14-25-19(18(23)20(26-14)30-10-9-29-8-4-7-17(29)13-30)27-28-21(31)16(12-24-22(32)33)11-15-5-2-3-6-15/h2*15-17,24H,2-13H2,1H3,(H,28,31)(H,32,33)(H,25,26,27)/t2*16-,17-/m11/s1. The van der Waals surface area contributed by atoms with Crippen LogP contribution in [0.5, 0.6) is 0 Å². The molecule has 0 radical (unpaired) electrons. The van der Waals surface area contributed by atoms with Crippen molar-refractivity contribution >= 4 is 47.3 Å². The first-order valence-corrected chi connectivity index (χ1v) is 23.9. The number of amides is 4. The topological polar surface area (TPSA) is 245 Å². The summed E-state index contributed by atoms with van der Waals surface area (Å²) in [5.41, 5.74) is 10.4. The van der Waals surface area contributed by atoms with E-state index in [0.717, 1.165) is 103 Å². The Labute approximate surface area is 384 Å². The van der Waals surface area contributed by atoms with Crippen molar-refractivity contribution in [2.24, 2.45) is 23.7 Å². The smallest absolute Gasteiger partial charge is 0.404 e. The summed E-state index contributed by atoms with van der Waals surface area (Å²) in [6.45, 7) is 10.2. The number of aryl methyl sites for hydroxylation is 2. The van der Waals surface area contributed by atoms with Gasteiger partial charge < -0.3 is 30.6 Å². The van der Waals surface area contributed by atoms with Crippen molar-refractivity contribution in [2.45, 2.75) is 116 Å². The summed E-state index contributed by atoms with van der Waals surface area (Å²) in [6.07, 6.45) is 12.1. The van der Waals surface area contributed by atoms with E-state index in [4.69, 9.17) is 10.2 Å². The highest BCUT2D eigenvalue weighted by atomic mass is 19.1. The summed E-state index contributed by atoms with van der Waals surface area (Å²) in [5.74, 6) is -1.08. The molecule has 2 saturated carbocycles. The van der Waals surface area contributed by atoms with Crippen LogP contribution in [-0.2, 0) is 9.59 Å². The third kappa shape index (κ3) is 12.9. The molecule has 4 saturated heterocycles. The summed E-state index contributed by atoms with van der Waals surface area (Å²) in [6, 6.07) is 0.838. The average molecular weight is 927 g/mol. The molecule has 0 bridgehead atoms. The number of carbonyl (C=O) groups excluding carboxylic acids is 2. The van der Waals surface area contributed by atoms with Crippen molar-refractivity contribution in [3.63, 3.8) is 0 Å². The number of nitrogens with one attached hydrogen (secondary N) is 6. The van der Waals surface area contributed by atoms with E-state index in [0.29, 0.717) is 61.5 Å². The number of nitrogens with zero attached hydrogens (tertiary/aromatic N) is 8. The fraction of sp³-hybridized carbons (Fsp3) is 0.727. The molecule has 20 nitrogen and oxygen atoms in total. The minimum atomic E-state index is -1.17. The number of fused-ring (bicyclic) bond motifs is 2. The van der Waals surface area contributed by atoms with Gasteiger partial charge in [-0.15, -0.1) is 0 Å². The number of piperazine rings is 2. The fourth-order valence-corrected chi connectivity index (χ4v) is 10.8. The van der Waals surface area contributed by atoms with E-state index < -0.39 is 35.7 Å². The molecule has 66 heavy (non-hydrogen) atoms. The maximum atomic E-state index is 15.3. The monoisotopic (exact) mass is 927 g/mol. The van der Waals surface area contributed by atoms with Crippen molar-refractivity contribution in [1.82, 2.24) is 51.2 Å². The Hall–Kier alpha value is -5.38. The molecule has 22 heteroatoms. The second kappa shape index (κ2) is 22.9. The molecule has 364 valence electrons. The molecule has 4 aliphatic heterocycles. The Balaban J connectivity index is 0.000000196. The molecule has 8 N–H and O–H groups in total. The van der Waals surface area contributed by atoms with Crippen LogP contribution in [0.2, 0.25) is 0 Å². The van der Waals surface area contributed by atoms with Crippen LogP contribution in [0.1, 0.15) is 102 Å². The molecule has 6 aliphatic rings. The Bertz CT molecular complexity index is 1870. The minimum Gasteiger partial charge on any atom is -0.465 e. The zero-order valence-corrected chi connectivity index (χ0v) is 38.3. The first-order valence-electron chi connectivity index (χ1n) is 23.9. The molecule has 2 aromatic rings. The first kappa shape index (κ1) is 48.6. The maximum absolute atomic E-state index is 15.3. The van der Waals surface area contributed by atoms with Gasteiger partial charge in [-0.3, -0.25) is 41.1 Å². The van der Waals surface area contributed by atoms with Gasteiger partial charge in [-0.05, 0) is 77.3 Å². The lowest BCUT2D eigenvalue weighted by atomic mass is 9.92. The van der Waals surface area contributed by atoms with Crippen LogP contribution in [0.3, 0.4) is 0 Å². The van der Waals surface area contributed by atoms with Crippen LogP contribution >= 0.6 is 0 Å². The van der Waals surface area contributed by atoms with E-state index >= 15 is 8.78 Å². The lowest BCUT2D eigenvalue weighted by Crippen LogP contribution is -2.50. The number of hydrazine groups is 2. The second-order valence-electron chi connectivity index (χ2n) is 18.8. The summed E-state index contributed by atoms with van der Waals surface area (Å²) in [7, 11) is 0. The molecule has 4 amide bonds. The summed E-state index contributed by atoms with van der Waals surface area (Å²) >= 11 is 0. The van der Waals surface area contributed by atoms with E-state index in [1.165, 1.54) is 12.8 Å². The van der Waals surface area contributed by atoms with Gasteiger partial charge in [0.2, 0.25) is 23.4 Å². The Morgan fingerprint density at radius 3 is 1.35 bits per heavy atom. The van der Waals surface area contributed by atoms with E-state index in [1.54, 1.807) is 13.8 Å². The third-order valence-corrected chi connectivity index (χ3v) is 14.2. The number of rotatable bonds is 16. The molecule has 0 unspecified atom stereocenters. The number of carbonyl (C=O) groups is 4. The van der Waals surface area contributed by atoms with Gasteiger partial charge in [0.1, 0.15) is 11.6 Å². The van der Waals surface area contributed by atoms with E-state index in [2.05, 4.69) is 62.1 Å². The summed E-state index contributed by atoms with van der Waals surface area (Å²) in [4.78, 5) is 73.4. The zero-order chi connectivity index (χ0) is 46.7. The molecule has 6 heterocycles. The van der Waals surface area contributed by atoms with Crippen LogP contribution in [0.25, 0.3) is 0 Å². The highest BCUT2D eigenvalue weighted by Crippen LogP contribution is 2.33. The van der Waals surface area contributed by atoms with Crippen molar-refractivity contribution in [1.29, 1.82) is 0 Å². The predicted octanol–water partition coefficient (Wildman–Crippen LogP) is 4.23. The summed E-state index contributed by atoms with van der Waals surface area (Å²) < 4.78 is 30.7. The Kier molecular flexibility index (Phi) is 16.8. The molecular formula is C44H68F2N14O6. The molecular weight excluding hydrogens is 859 g/mol. The average Bonchev–Trinajstić information content (AvgIpc) is 4.16. The van der Waals surface area contributed by atoms with Crippen LogP contribution < -0.4 is 42.1 Å². The van der Waals surface area contributed by atoms with Gasteiger partial charge >= 0.3 is 12.2 Å². The van der Waals surface area contributed by atoms with Gasteiger partial charge in [0.05, 0.1) is 11.8 Å². The number of carboxylic acid groups (broad SMARTS) is 2. The summed E-state index contributed by atoms with van der Waals surface area (Å²) in [5, 5.41) is 22.5. The van der Waals surface area contributed by atoms with Crippen molar-refractivity contribution in [2.75, 3.05) is 86.1 Å². The van der Waals surface area contributed by atoms with Crippen molar-refractivity contribution in [3.8, 4) is 0 Å². The zero-order valence-electron chi connectivity index (χ0n) is 38.3. The molecule has 8 rings (SSSR count). The molecule has 4 atom stereocenters. The lowest BCUT2D eigenvalue weighted by Gasteiger charge is -2.38. The predicted molar refractivity (Wildman–Crippen MR) is 243 cm³/mol. The van der Waals surface area contributed by atoms with Gasteiger partial charge in [-0.2, -0.15) is 8.78 Å². The lowest BCUT2D eigenvalue weighted by molar-refractivity contribution is -0.125. The van der Waals surface area contributed by atoms with Gasteiger partial charge in [-0.25, -0.2) is 29.5 Å². The van der Waals surface area contributed by atoms with Gasteiger partial charge in [-0.1, -0.05) is 51.4 Å². The molecule has 6 fully saturated rings. The molecule has 0 spiro atoms. The normalized spacial score (nSPS) is 22.1. The Morgan fingerprint density at radius 2 is 0.970 bits per heavy atom. The van der Waals surface area contributed by atoms with E-state index in [-0.39, 0.29) is 48.2 Å². The number of hydrogen-bond acceptors (Lipinski definition) is 14. The maximum Gasteiger partial charge on any atom is 0.404 e. The molecule has 0 aromatic carbocycles. The van der Waals surface area contributed by atoms with E-state index in [9.17, 15) is 19.2 Å². The van der Waals surface area contributed by atoms with Gasteiger partial charge in [0.15, 0.2) is 23.3 Å². The van der Waals surface area contributed by atoms with Gasteiger partial charge in [0, 0.05) is 64.4 Å². The first-order chi connectivity index (χ1) is 31.8. The highest BCUT2D eigenvalue weighted by molar-refractivity contribution is 5.81.